The molecular weight excluding hydrogens is 643 g/mol. The van der Waals surface area contributed by atoms with E-state index in [1.54, 1.807) is 11.1 Å². The van der Waals surface area contributed by atoms with Crippen LogP contribution in [0, 0.1) is 21.1 Å². The number of amides is 1. The molecule has 0 aliphatic carbocycles. The molecule has 2 aromatic heterocycles. The first-order valence-corrected chi connectivity index (χ1v) is 14.5. The van der Waals surface area contributed by atoms with Gasteiger partial charge in [0.15, 0.2) is 17.3 Å². The van der Waals surface area contributed by atoms with E-state index in [4.69, 9.17) is 20.4 Å². The first kappa shape index (κ1) is 29.0. The third-order valence-electron chi connectivity index (χ3n) is 6.77. The number of nitrogens with one attached hydrogen (secondary N) is 1. The molecule has 1 fully saturated rings. The lowest BCUT2D eigenvalue weighted by Crippen LogP contribution is -2.43. The Morgan fingerprint density at radius 3 is 2.71 bits per heavy atom. The molecule has 0 unspecified atom stereocenters. The Bertz CT molecular complexity index is 1590. The molecule has 12 heteroatoms. The first-order valence-electron chi connectivity index (χ1n) is 13.4. The molecule has 3 N–H and O–H groups in total. The number of nitrogen functional groups attached to an aromatic ring is 1. The second-order valence-corrected chi connectivity index (χ2v) is 12.4. The molecule has 0 spiro atoms. The van der Waals surface area contributed by atoms with Crippen molar-refractivity contribution in [1.29, 1.82) is 0 Å². The maximum atomic E-state index is 13.7. The molecule has 5 rings (SSSR count). The molecule has 3 heterocycles. The van der Waals surface area contributed by atoms with Gasteiger partial charge in [-0.2, -0.15) is 4.98 Å². The lowest BCUT2D eigenvalue weighted by atomic mass is 9.98. The number of halogens is 3. The summed E-state index contributed by atoms with van der Waals surface area (Å²) in [4.78, 5) is 28.6. The second kappa shape index (κ2) is 11.7. The molecule has 2 aromatic carbocycles. The van der Waals surface area contributed by atoms with Crippen molar-refractivity contribution in [2.45, 2.75) is 52.3 Å². The maximum absolute atomic E-state index is 13.7. The number of aromatic nitrogens is 4. The Hall–Kier alpha value is -3.55. The number of carbonyl (C=O) groups excluding carboxylic acids is 1. The van der Waals surface area contributed by atoms with Crippen LogP contribution >= 0.6 is 22.6 Å². The molecule has 216 valence electrons. The van der Waals surface area contributed by atoms with Gasteiger partial charge < -0.3 is 25.3 Å². The monoisotopic (exact) mass is 675 g/mol. The lowest BCUT2D eigenvalue weighted by Gasteiger charge is -2.34. The van der Waals surface area contributed by atoms with Crippen molar-refractivity contribution in [3.63, 3.8) is 0 Å². The minimum absolute atomic E-state index is 0.146. The molecule has 4 aromatic rings. The third-order valence-corrected chi connectivity index (χ3v) is 7.66. The highest BCUT2D eigenvalue weighted by atomic mass is 127. The van der Waals surface area contributed by atoms with Crippen LogP contribution in [0.4, 0.5) is 25.2 Å². The van der Waals surface area contributed by atoms with Crippen LogP contribution in [0.5, 0.6) is 0 Å². The standard InChI is InChI=1S/C29H32F2IN7O2/c1-29(2,3)41-28(40)38-10-4-5-18(15-38)16-39-25(20-8-7-19(33)12-23(20)32)36-24-14-35-27(37-26(24)39)34-13-17-6-9-21(30)22(31)11-17/h6-9,11-12,14,18H,4-5,10,13,15-16,33H2,1-3H3,(H,34,35,37)/t18-/m1/s1. The molecule has 1 aliphatic rings. The second-order valence-electron chi connectivity index (χ2n) is 11.2. The van der Waals surface area contributed by atoms with Gasteiger partial charge in [0.25, 0.3) is 0 Å². The van der Waals surface area contributed by atoms with Gasteiger partial charge in [-0.3, -0.25) is 0 Å². The quantitative estimate of drug-likeness (QED) is 0.185. The average molecular weight is 676 g/mol. The Kier molecular flexibility index (Phi) is 8.30. The summed E-state index contributed by atoms with van der Waals surface area (Å²) in [6, 6.07) is 9.42. The van der Waals surface area contributed by atoms with Crippen molar-refractivity contribution in [1.82, 2.24) is 24.4 Å². The number of piperidine rings is 1. The number of fused-ring (bicyclic) bond motifs is 1. The highest BCUT2D eigenvalue weighted by Gasteiger charge is 2.29. The number of imidazole rings is 1. The largest absolute Gasteiger partial charge is 0.444 e. The van der Waals surface area contributed by atoms with Gasteiger partial charge in [-0.15, -0.1) is 0 Å². The summed E-state index contributed by atoms with van der Waals surface area (Å²) in [5.41, 5.74) is 8.82. The van der Waals surface area contributed by atoms with E-state index in [9.17, 15) is 13.6 Å². The third kappa shape index (κ3) is 6.85. The predicted molar refractivity (Wildman–Crippen MR) is 162 cm³/mol. The van der Waals surface area contributed by atoms with Crippen LogP contribution in [0.25, 0.3) is 22.6 Å². The smallest absolute Gasteiger partial charge is 0.410 e. The molecule has 41 heavy (non-hydrogen) atoms. The molecule has 1 aliphatic heterocycles. The van der Waals surface area contributed by atoms with E-state index in [-0.39, 0.29) is 18.6 Å². The van der Waals surface area contributed by atoms with Crippen molar-refractivity contribution >= 4 is 51.5 Å². The van der Waals surface area contributed by atoms with Gasteiger partial charge >= 0.3 is 6.09 Å². The molecule has 0 saturated carbocycles. The minimum Gasteiger partial charge on any atom is -0.444 e. The van der Waals surface area contributed by atoms with Crippen LogP contribution in [0.2, 0.25) is 0 Å². The van der Waals surface area contributed by atoms with E-state index >= 15 is 0 Å². The number of anilines is 2. The molecule has 0 radical (unpaired) electrons. The zero-order valence-corrected chi connectivity index (χ0v) is 25.3. The number of likely N-dealkylation sites (tertiary alicyclic amines) is 1. The summed E-state index contributed by atoms with van der Waals surface area (Å²) in [7, 11) is 0. The first-order chi connectivity index (χ1) is 19.5. The van der Waals surface area contributed by atoms with Crippen LogP contribution in [-0.2, 0) is 17.8 Å². The SMILES string of the molecule is CC(C)(C)OC(=O)N1CCC[C@@H](Cn2c(-c3ccc(N)cc3I)nc3cnc(NCc4ccc(F)c(F)c4)nc32)C1. The van der Waals surface area contributed by atoms with Crippen LogP contribution in [0.15, 0.2) is 42.6 Å². The van der Waals surface area contributed by atoms with Crippen molar-refractivity contribution in [3.05, 3.63) is 63.4 Å². The number of rotatable bonds is 6. The van der Waals surface area contributed by atoms with Crippen molar-refractivity contribution < 1.29 is 18.3 Å². The highest BCUT2D eigenvalue weighted by molar-refractivity contribution is 14.1. The van der Waals surface area contributed by atoms with Gasteiger partial charge in [0.2, 0.25) is 5.95 Å². The van der Waals surface area contributed by atoms with E-state index in [0.29, 0.717) is 48.0 Å². The minimum atomic E-state index is -0.908. The van der Waals surface area contributed by atoms with E-state index in [2.05, 4.69) is 37.5 Å². The Morgan fingerprint density at radius 2 is 1.98 bits per heavy atom. The fraction of sp³-hybridized carbons (Fsp3) is 0.379. The molecular formula is C29H32F2IN7O2. The normalized spacial score (nSPS) is 15.8. The number of ether oxygens (including phenoxy) is 1. The molecule has 1 amide bonds. The van der Waals surface area contributed by atoms with Crippen molar-refractivity contribution in [2.24, 2.45) is 5.92 Å². The Balaban J connectivity index is 1.46. The van der Waals surface area contributed by atoms with Gasteiger partial charge in [0.1, 0.15) is 16.9 Å². The van der Waals surface area contributed by atoms with Crippen LogP contribution in [0.3, 0.4) is 0 Å². The van der Waals surface area contributed by atoms with Gasteiger partial charge in [0, 0.05) is 41.0 Å². The number of hydrogen-bond donors (Lipinski definition) is 2. The molecule has 0 bridgehead atoms. The summed E-state index contributed by atoms with van der Waals surface area (Å²) in [5, 5.41) is 3.10. The summed E-state index contributed by atoms with van der Waals surface area (Å²) in [6.45, 7) is 7.59. The van der Waals surface area contributed by atoms with Gasteiger partial charge in [-0.25, -0.2) is 23.5 Å². The van der Waals surface area contributed by atoms with E-state index < -0.39 is 17.2 Å². The van der Waals surface area contributed by atoms with Crippen LogP contribution < -0.4 is 11.1 Å². The number of benzene rings is 2. The molecule has 1 atom stereocenters. The predicted octanol–water partition coefficient (Wildman–Crippen LogP) is 6.22. The van der Waals surface area contributed by atoms with Crippen molar-refractivity contribution in [3.8, 4) is 11.4 Å². The zero-order chi connectivity index (χ0) is 29.3. The lowest BCUT2D eigenvalue weighted by molar-refractivity contribution is 0.0158. The highest BCUT2D eigenvalue weighted by Crippen LogP contribution is 2.31. The summed E-state index contributed by atoms with van der Waals surface area (Å²) < 4.78 is 35.7. The maximum Gasteiger partial charge on any atom is 0.410 e. The summed E-state index contributed by atoms with van der Waals surface area (Å²) >= 11 is 2.25. The van der Waals surface area contributed by atoms with Gasteiger partial charge in [0.05, 0.1) is 6.20 Å². The number of nitrogens with two attached hydrogens (primary N) is 1. The van der Waals surface area contributed by atoms with Crippen LogP contribution in [0.1, 0.15) is 39.2 Å². The van der Waals surface area contributed by atoms with E-state index in [1.165, 1.54) is 6.07 Å². The van der Waals surface area contributed by atoms with Gasteiger partial charge in [-0.05, 0) is 98.0 Å². The van der Waals surface area contributed by atoms with E-state index in [0.717, 1.165) is 39.9 Å². The Morgan fingerprint density at radius 1 is 1.17 bits per heavy atom. The van der Waals surface area contributed by atoms with Crippen molar-refractivity contribution in [2.75, 3.05) is 24.1 Å². The topological polar surface area (TPSA) is 111 Å². The van der Waals surface area contributed by atoms with Crippen LogP contribution in [-0.4, -0.2) is 49.2 Å². The summed E-state index contributed by atoms with van der Waals surface area (Å²) in [6.07, 6.45) is 3.13. The fourth-order valence-corrected chi connectivity index (χ4v) is 5.67. The molecule has 1 saturated heterocycles. The Labute approximate surface area is 250 Å². The number of hydrogen-bond acceptors (Lipinski definition) is 7. The number of nitrogens with zero attached hydrogens (tertiary/aromatic N) is 5. The fourth-order valence-electron chi connectivity index (χ4n) is 4.89. The summed E-state index contributed by atoms with van der Waals surface area (Å²) in [5.74, 6) is -0.596. The average Bonchev–Trinajstić information content (AvgIpc) is 3.25. The van der Waals surface area contributed by atoms with E-state index in [1.807, 2.05) is 39.0 Å². The zero-order valence-electron chi connectivity index (χ0n) is 23.1. The number of carbonyl (C=O) groups is 1. The molecule has 9 nitrogen and oxygen atoms in total. The van der Waals surface area contributed by atoms with Gasteiger partial charge in [-0.1, -0.05) is 6.07 Å².